The number of rotatable bonds is 5. The van der Waals surface area contributed by atoms with Crippen molar-refractivity contribution in [2.24, 2.45) is 10.2 Å². The van der Waals surface area contributed by atoms with E-state index in [0.717, 1.165) is 11.3 Å². The lowest BCUT2D eigenvalue weighted by molar-refractivity contribution is 0.0522. The Kier molecular flexibility index (Phi) is 6.21. The first-order chi connectivity index (χ1) is 13.9. The van der Waals surface area contributed by atoms with Gasteiger partial charge in [-0.05, 0) is 44.4 Å². The van der Waals surface area contributed by atoms with E-state index in [-0.39, 0.29) is 18.2 Å². The minimum atomic E-state index is -0.657. The van der Waals surface area contributed by atoms with Crippen LogP contribution in [0.15, 0.2) is 45.5 Å². The van der Waals surface area contributed by atoms with Gasteiger partial charge in [0.25, 0.3) is 5.56 Å². The lowest BCUT2D eigenvalue weighted by atomic mass is 10.0. The van der Waals surface area contributed by atoms with Gasteiger partial charge in [0.1, 0.15) is 11.3 Å². The maximum absolute atomic E-state index is 12.8. The number of benzene rings is 1. The van der Waals surface area contributed by atoms with Gasteiger partial charge >= 0.3 is 5.97 Å². The summed E-state index contributed by atoms with van der Waals surface area (Å²) in [5.74, 6) is -0.211. The molecule has 0 saturated carbocycles. The summed E-state index contributed by atoms with van der Waals surface area (Å²) >= 11 is 0. The van der Waals surface area contributed by atoms with Crippen LogP contribution in [0.4, 0.5) is 5.69 Å². The number of fused-ring (bicyclic) bond motifs is 1. The third kappa shape index (κ3) is 4.42. The molecule has 1 aromatic carbocycles. The van der Waals surface area contributed by atoms with Crippen LogP contribution in [0.2, 0.25) is 0 Å². The van der Waals surface area contributed by atoms with Crippen LogP contribution >= 0.6 is 0 Å². The first-order valence-corrected chi connectivity index (χ1v) is 9.58. The molecule has 2 heterocycles. The third-order valence-corrected chi connectivity index (χ3v) is 4.78. The number of ether oxygens (including phenoxy) is 1. The second kappa shape index (κ2) is 8.81. The Bertz CT molecular complexity index is 1010. The van der Waals surface area contributed by atoms with Crippen molar-refractivity contribution >= 4 is 23.6 Å². The van der Waals surface area contributed by atoms with Gasteiger partial charge in [-0.25, -0.2) is 9.78 Å². The summed E-state index contributed by atoms with van der Waals surface area (Å²) < 4.78 is 6.46. The molecule has 0 N–H and O–H groups in total. The second-order valence-electron chi connectivity index (χ2n) is 7.06. The van der Waals surface area contributed by atoms with E-state index < -0.39 is 11.5 Å². The fraction of sp³-hybridized carbons (Fsp3) is 0.381. The van der Waals surface area contributed by atoms with Crippen LogP contribution in [0, 0.1) is 0 Å². The van der Waals surface area contributed by atoms with Crippen molar-refractivity contribution < 1.29 is 9.53 Å². The molecule has 1 aromatic heterocycles. The Morgan fingerprint density at radius 1 is 1.34 bits per heavy atom. The fourth-order valence-electron chi connectivity index (χ4n) is 3.15. The Balaban J connectivity index is 1.89. The normalized spacial score (nSPS) is 17.4. The molecule has 1 aliphatic rings. The zero-order valence-corrected chi connectivity index (χ0v) is 17.1. The number of hydrogen-bond acceptors (Lipinski definition) is 7. The Labute approximate surface area is 169 Å². The van der Waals surface area contributed by atoms with Crippen molar-refractivity contribution in [3.05, 3.63) is 57.8 Å². The number of carbonyl (C=O) groups excluding carboxylic acids is 1. The van der Waals surface area contributed by atoms with Gasteiger partial charge in [-0.2, -0.15) is 10.2 Å². The van der Waals surface area contributed by atoms with E-state index in [1.54, 1.807) is 13.1 Å². The molecule has 152 valence electrons. The van der Waals surface area contributed by atoms with Gasteiger partial charge < -0.3 is 9.64 Å². The largest absolute Gasteiger partial charge is 0.462 e. The van der Waals surface area contributed by atoms with E-state index in [1.807, 2.05) is 50.2 Å². The maximum atomic E-state index is 12.8. The van der Waals surface area contributed by atoms with E-state index >= 15 is 0 Å². The second-order valence-corrected chi connectivity index (χ2v) is 7.06. The van der Waals surface area contributed by atoms with Crippen LogP contribution in [-0.2, 0) is 4.74 Å². The summed E-state index contributed by atoms with van der Waals surface area (Å²) in [6, 6.07) is 7.85. The highest BCUT2D eigenvalue weighted by atomic mass is 16.5. The Hall–Kier alpha value is -3.29. The van der Waals surface area contributed by atoms with E-state index in [1.165, 1.54) is 10.8 Å². The molecule has 0 fully saturated rings. The number of hydrogen-bond donors (Lipinski definition) is 0. The highest BCUT2D eigenvalue weighted by molar-refractivity contribution is 5.99. The van der Waals surface area contributed by atoms with Gasteiger partial charge in [-0.3, -0.25) is 9.36 Å². The molecule has 1 unspecified atom stereocenters. The van der Waals surface area contributed by atoms with Gasteiger partial charge in [0, 0.05) is 32.0 Å². The Morgan fingerprint density at radius 2 is 2.07 bits per heavy atom. The number of anilines is 1. The van der Waals surface area contributed by atoms with E-state index in [4.69, 9.17) is 4.74 Å². The van der Waals surface area contributed by atoms with Gasteiger partial charge in [-0.1, -0.05) is 12.1 Å². The van der Waals surface area contributed by atoms with Crippen molar-refractivity contribution in [1.29, 1.82) is 0 Å². The van der Waals surface area contributed by atoms with Gasteiger partial charge in [-0.15, -0.1) is 0 Å². The van der Waals surface area contributed by atoms with Gasteiger partial charge in [0.05, 0.1) is 12.8 Å². The average Bonchev–Trinajstić information content (AvgIpc) is 2.70. The third-order valence-electron chi connectivity index (χ3n) is 4.78. The highest BCUT2D eigenvalue weighted by Gasteiger charge is 2.26. The SMILES string of the molecule is CCOC(=O)c1cnc2n(c1=O)C(C)CC/C2=N\N=C\c1ccc(N(C)C)cc1. The van der Waals surface area contributed by atoms with Crippen LogP contribution in [0.1, 0.15) is 54.5 Å². The lowest BCUT2D eigenvalue weighted by Crippen LogP contribution is -2.37. The lowest BCUT2D eigenvalue weighted by Gasteiger charge is -2.24. The average molecular weight is 395 g/mol. The molecule has 1 aliphatic heterocycles. The smallest absolute Gasteiger partial charge is 0.345 e. The predicted molar refractivity (Wildman–Crippen MR) is 113 cm³/mol. The van der Waals surface area contributed by atoms with Crippen LogP contribution < -0.4 is 10.5 Å². The molecule has 0 amide bonds. The number of carbonyl (C=O) groups is 1. The molecule has 29 heavy (non-hydrogen) atoms. The molecule has 0 aliphatic carbocycles. The summed E-state index contributed by atoms with van der Waals surface area (Å²) in [6.45, 7) is 3.82. The highest BCUT2D eigenvalue weighted by Crippen LogP contribution is 2.22. The molecule has 3 rings (SSSR count). The fourth-order valence-corrected chi connectivity index (χ4v) is 3.15. The standard InChI is InChI=1S/C21H25N5O3/c1-5-29-21(28)17-13-22-19-18(11-6-14(2)26(19)20(17)27)24-23-12-15-7-9-16(10-8-15)25(3)4/h7-10,12-14H,5-6,11H2,1-4H3/b23-12+,24-18+. The Morgan fingerprint density at radius 3 is 2.72 bits per heavy atom. The minimum Gasteiger partial charge on any atom is -0.462 e. The maximum Gasteiger partial charge on any atom is 0.345 e. The molecule has 1 atom stereocenters. The van der Waals surface area contributed by atoms with Gasteiger partial charge in [0.2, 0.25) is 0 Å². The summed E-state index contributed by atoms with van der Waals surface area (Å²) in [5, 5.41) is 8.48. The molecule has 0 radical (unpaired) electrons. The number of esters is 1. The van der Waals surface area contributed by atoms with Crippen molar-refractivity contribution in [2.45, 2.75) is 32.7 Å². The van der Waals surface area contributed by atoms with Crippen molar-refractivity contribution in [3.63, 3.8) is 0 Å². The summed E-state index contributed by atoms with van der Waals surface area (Å²) in [7, 11) is 3.97. The quantitative estimate of drug-likeness (QED) is 0.441. The minimum absolute atomic E-state index is 0.0619. The molecule has 0 bridgehead atoms. The number of aromatic nitrogens is 2. The molecule has 8 heteroatoms. The molecule has 2 aromatic rings. The molecule has 0 saturated heterocycles. The first kappa shape index (κ1) is 20.4. The van der Waals surface area contributed by atoms with Crippen LogP contribution in [-0.4, -0.2) is 48.1 Å². The van der Waals surface area contributed by atoms with Crippen molar-refractivity contribution in [1.82, 2.24) is 9.55 Å². The summed E-state index contributed by atoms with van der Waals surface area (Å²) in [4.78, 5) is 31.1. The molecule has 0 spiro atoms. The first-order valence-electron chi connectivity index (χ1n) is 9.58. The predicted octanol–water partition coefficient (Wildman–Crippen LogP) is 2.66. The molecule has 8 nitrogen and oxygen atoms in total. The summed E-state index contributed by atoms with van der Waals surface area (Å²) in [5.41, 5.74) is 2.18. The van der Waals surface area contributed by atoms with Crippen LogP contribution in [0.5, 0.6) is 0 Å². The van der Waals surface area contributed by atoms with E-state index in [0.29, 0.717) is 24.4 Å². The van der Waals surface area contributed by atoms with Crippen molar-refractivity contribution in [3.8, 4) is 0 Å². The number of nitrogens with zero attached hydrogens (tertiary/aromatic N) is 5. The van der Waals surface area contributed by atoms with Gasteiger partial charge in [0.15, 0.2) is 5.82 Å². The van der Waals surface area contributed by atoms with Crippen LogP contribution in [0.25, 0.3) is 0 Å². The molecular formula is C21H25N5O3. The van der Waals surface area contributed by atoms with E-state index in [9.17, 15) is 9.59 Å². The van der Waals surface area contributed by atoms with Crippen LogP contribution in [0.3, 0.4) is 0 Å². The van der Waals surface area contributed by atoms with Crippen molar-refractivity contribution in [2.75, 3.05) is 25.6 Å². The monoisotopic (exact) mass is 395 g/mol. The summed E-state index contributed by atoms with van der Waals surface area (Å²) in [6.07, 6.45) is 4.30. The topological polar surface area (TPSA) is 89.1 Å². The zero-order chi connectivity index (χ0) is 21.0. The molecular weight excluding hydrogens is 370 g/mol. The zero-order valence-electron chi connectivity index (χ0n) is 17.1. The van der Waals surface area contributed by atoms with E-state index in [2.05, 4.69) is 15.2 Å².